The number of carbonyl (C=O) groups excluding carboxylic acids is 1. The van der Waals surface area contributed by atoms with Crippen LogP contribution in [0.3, 0.4) is 0 Å². The largest absolute Gasteiger partial charge is 0.298 e. The highest BCUT2D eigenvalue weighted by Crippen LogP contribution is 2.28. The third-order valence-electron chi connectivity index (χ3n) is 4.86. The molecule has 1 heterocycles. The van der Waals surface area contributed by atoms with E-state index >= 15 is 0 Å². The summed E-state index contributed by atoms with van der Waals surface area (Å²) < 4.78 is 13.4. The average molecular weight is 348 g/mol. The van der Waals surface area contributed by atoms with E-state index in [2.05, 4.69) is 11.1 Å². The molecule has 2 aromatic rings. The van der Waals surface area contributed by atoms with Gasteiger partial charge >= 0.3 is 0 Å². The number of hydrogen-bond acceptors (Lipinski definition) is 3. The van der Waals surface area contributed by atoms with Crippen molar-refractivity contribution in [3.8, 4) is 17.3 Å². The number of carbonyl (C=O) groups is 1. The molecule has 3 rings (SSSR count). The summed E-state index contributed by atoms with van der Waals surface area (Å²) in [7, 11) is 0. The van der Waals surface area contributed by atoms with Crippen molar-refractivity contribution in [2.24, 2.45) is 5.92 Å². The molecule has 0 radical (unpaired) electrons. The summed E-state index contributed by atoms with van der Waals surface area (Å²) in [6, 6.07) is 13.0. The van der Waals surface area contributed by atoms with E-state index in [9.17, 15) is 14.4 Å². The van der Waals surface area contributed by atoms with Gasteiger partial charge in [-0.3, -0.25) is 9.78 Å². The highest BCUT2D eigenvalue weighted by molar-refractivity contribution is 5.78. The van der Waals surface area contributed by atoms with E-state index in [1.807, 2.05) is 18.2 Å². The van der Waals surface area contributed by atoms with E-state index < -0.39 is 0 Å². The van der Waals surface area contributed by atoms with Crippen molar-refractivity contribution in [3.05, 3.63) is 65.1 Å². The fraction of sp³-hybridized carbons (Fsp3) is 0.318. The summed E-state index contributed by atoms with van der Waals surface area (Å²) in [6.45, 7) is 0. The maximum atomic E-state index is 13.4. The lowest BCUT2D eigenvalue weighted by atomic mass is 9.90. The Kier molecular flexibility index (Phi) is 5.91. The molecular formula is C22H21FN2O. The average Bonchev–Trinajstić information content (AvgIpc) is 2.68. The van der Waals surface area contributed by atoms with Crippen molar-refractivity contribution in [2.75, 3.05) is 0 Å². The van der Waals surface area contributed by atoms with Gasteiger partial charge in [0.2, 0.25) is 0 Å². The topological polar surface area (TPSA) is 53.8 Å². The zero-order valence-corrected chi connectivity index (χ0v) is 14.6. The predicted octanol–water partition coefficient (Wildman–Crippen LogP) is 5.41. The van der Waals surface area contributed by atoms with E-state index in [-0.39, 0.29) is 11.7 Å². The number of rotatable bonds is 6. The number of nitrogens with zero attached hydrogens (tertiary/aromatic N) is 2. The van der Waals surface area contributed by atoms with Crippen molar-refractivity contribution in [3.63, 3.8) is 0 Å². The number of nitriles is 1. The Balaban J connectivity index is 1.77. The normalized spacial score (nSPS) is 16.6. The van der Waals surface area contributed by atoms with Crippen molar-refractivity contribution in [1.29, 1.82) is 5.26 Å². The van der Waals surface area contributed by atoms with E-state index in [4.69, 9.17) is 0 Å². The lowest BCUT2D eigenvalue weighted by Crippen LogP contribution is -2.05. The molecule has 1 aliphatic carbocycles. The molecule has 1 aromatic carbocycles. The summed E-state index contributed by atoms with van der Waals surface area (Å²) in [5, 5.41) is 9.29. The van der Waals surface area contributed by atoms with Gasteiger partial charge in [-0.1, -0.05) is 18.2 Å². The first kappa shape index (κ1) is 18.0. The van der Waals surface area contributed by atoms with Gasteiger partial charge in [0.25, 0.3) is 0 Å². The fourth-order valence-corrected chi connectivity index (χ4v) is 3.49. The lowest BCUT2D eigenvalue weighted by molar-refractivity contribution is 0.112. The third-order valence-corrected chi connectivity index (χ3v) is 4.86. The first-order valence-electron chi connectivity index (χ1n) is 9.02. The number of allylic oxidation sites excluding steroid dienone is 2. The molecule has 132 valence electrons. The SMILES string of the molecule is N#Cc1ccccc1-c1ccc(C=O)c(CCCC2C=C(F)CCC2)n1. The van der Waals surface area contributed by atoms with Crippen LogP contribution in [0, 0.1) is 17.2 Å². The van der Waals surface area contributed by atoms with Crippen LogP contribution in [0.5, 0.6) is 0 Å². The Hall–Kier alpha value is -2.80. The minimum atomic E-state index is 0.00284. The molecule has 0 bridgehead atoms. The summed E-state index contributed by atoms with van der Waals surface area (Å²) in [6.07, 6.45) is 7.48. The summed E-state index contributed by atoms with van der Waals surface area (Å²) in [5.74, 6) is 0.286. The summed E-state index contributed by atoms with van der Waals surface area (Å²) in [4.78, 5) is 16.0. The van der Waals surface area contributed by atoms with Crippen LogP contribution in [-0.2, 0) is 6.42 Å². The lowest BCUT2D eigenvalue weighted by Gasteiger charge is -2.17. The molecule has 3 nitrogen and oxygen atoms in total. The second-order valence-corrected chi connectivity index (χ2v) is 6.67. The van der Waals surface area contributed by atoms with E-state index in [1.165, 1.54) is 0 Å². The number of aromatic nitrogens is 1. The number of benzene rings is 1. The van der Waals surface area contributed by atoms with Crippen LogP contribution in [0.25, 0.3) is 11.3 Å². The third kappa shape index (κ3) is 4.23. The Morgan fingerprint density at radius 2 is 2.12 bits per heavy atom. The Labute approximate surface area is 153 Å². The number of hydrogen-bond donors (Lipinski definition) is 0. The van der Waals surface area contributed by atoms with Crippen LogP contribution in [0.4, 0.5) is 4.39 Å². The van der Waals surface area contributed by atoms with Gasteiger partial charge in [0.05, 0.1) is 28.8 Å². The molecule has 4 heteroatoms. The van der Waals surface area contributed by atoms with Crippen LogP contribution in [0.15, 0.2) is 48.3 Å². The molecule has 26 heavy (non-hydrogen) atoms. The highest BCUT2D eigenvalue weighted by atomic mass is 19.1. The monoisotopic (exact) mass is 348 g/mol. The minimum Gasteiger partial charge on any atom is -0.298 e. The highest BCUT2D eigenvalue weighted by Gasteiger charge is 2.14. The van der Waals surface area contributed by atoms with Crippen LogP contribution in [0.2, 0.25) is 0 Å². The first-order valence-corrected chi connectivity index (χ1v) is 9.02. The van der Waals surface area contributed by atoms with Gasteiger partial charge in [0.15, 0.2) is 6.29 Å². The Morgan fingerprint density at radius 1 is 1.27 bits per heavy atom. The van der Waals surface area contributed by atoms with Gasteiger partial charge in [-0.15, -0.1) is 0 Å². The van der Waals surface area contributed by atoms with Gasteiger partial charge in [-0.25, -0.2) is 4.39 Å². The number of pyridine rings is 1. The first-order chi connectivity index (χ1) is 12.7. The molecule has 0 saturated heterocycles. The molecule has 0 spiro atoms. The van der Waals surface area contributed by atoms with Crippen LogP contribution >= 0.6 is 0 Å². The molecule has 1 aliphatic rings. The molecule has 0 amide bonds. The molecule has 1 unspecified atom stereocenters. The van der Waals surface area contributed by atoms with E-state index in [0.29, 0.717) is 29.7 Å². The maximum Gasteiger partial charge on any atom is 0.151 e. The molecule has 1 aromatic heterocycles. The van der Waals surface area contributed by atoms with Crippen molar-refractivity contribution < 1.29 is 9.18 Å². The quantitative estimate of drug-likeness (QED) is 0.656. The van der Waals surface area contributed by atoms with Crippen molar-refractivity contribution >= 4 is 6.29 Å². The second-order valence-electron chi connectivity index (χ2n) is 6.67. The molecule has 0 saturated carbocycles. The zero-order chi connectivity index (χ0) is 18.4. The molecule has 0 N–H and O–H groups in total. The van der Waals surface area contributed by atoms with Crippen molar-refractivity contribution in [2.45, 2.75) is 38.5 Å². The van der Waals surface area contributed by atoms with Gasteiger partial charge in [-0.2, -0.15) is 5.26 Å². The van der Waals surface area contributed by atoms with Crippen molar-refractivity contribution in [1.82, 2.24) is 4.98 Å². The van der Waals surface area contributed by atoms with Crippen LogP contribution in [0.1, 0.15) is 53.7 Å². The molecule has 0 aliphatic heterocycles. The van der Waals surface area contributed by atoms with Crippen LogP contribution in [-0.4, -0.2) is 11.3 Å². The number of aldehydes is 1. The molecular weight excluding hydrogens is 327 g/mol. The number of aryl methyl sites for hydroxylation is 1. The minimum absolute atomic E-state index is 0.00284. The van der Waals surface area contributed by atoms with E-state index in [1.54, 1.807) is 24.3 Å². The Morgan fingerprint density at radius 3 is 2.88 bits per heavy atom. The smallest absolute Gasteiger partial charge is 0.151 e. The molecule has 1 atom stereocenters. The predicted molar refractivity (Wildman–Crippen MR) is 99.2 cm³/mol. The van der Waals surface area contributed by atoms with Crippen LogP contribution < -0.4 is 0 Å². The van der Waals surface area contributed by atoms with Gasteiger partial charge in [0.1, 0.15) is 0 Å². The summed E-state index contributed by atoms with van der Waals surface area (Å²) in [5.41, 5.74) is 3.35. The molecule has 0 fully saturated rings. The maximum absolute atomic E-state index is 13.4. The van der Waals surface area contributed by atoms with E-state index in [0.717, 1.165) is 43.2 Å². The fourth-order valence-electron chi connectivity index (χ4n) is 3.49. The zero-order valence-electron chi connectivity index (χ0n) is 14.6. The second kappa shape index (κ2) is 8.53. The van der Waals surface area contributed by atoms with Gasteiger partial charge < -0.3 is 0 Å². The summed E-state index contributed by atoms with van der Waals surface area (Å²) >= 11 is 0. The number of halogens is 1. The van der Waals surface area contributed by atoms with Gasteiger partial charge in [-0.05, 0) is 68.7 Å². The Bertz CT molecular complexity index is 867. The van der Waals surface area contributed by atoms with Gasteiger partial charge in [0, 0.05) is 11.1 Å². The standard InChI is InChI=1S/C22H21FN2O/c23-19-8-3-5-16(13-19)6-4-10-21-18(15-26)11-12-22(25-21)20-9-2-1-7-17(20)14-24/h1-2,7,9,11-13,15-16H,3-6,8,10H2.